The number of amides is 1. The van der Waals surface area contributed by atoms with Gasteiger partial charge < -0.3 is 14.4 Å². The van der Waals surface area contributed by atoms with Crippen molar-refractivity contribution in [2.75, 3.05) is 25.5 Å². The second-order valence-electron chi connectivity index (χ2n) is 9.08. The Morgan fingerprint density at radius 3 is 2.62 bits per heavy atom. The zero-order chi connectivity index (χ0) is 22.9. The minimum Gasteiger partial charge on any atom is -0.490 e. The number of hydrogen-bond acceptors (Lipinski definition) is 6. The molecule has 1 aliphatic carbocycles. The standard InChI is InChI=1S/C26H28N4O3S/c31-24(17-34-26-28-27-25(18-9-10-18)30(26)20-6-2-1-3-7-20)29-13-4-8-21(29)19-11-12-22-23(16-19)33-15-5-14-32-22/h1-3,6-7,11-12,16,18,21H,4-5,8-10,13-15,17H2. The Morgan fingerprint density at radius 2 is 1.79 bits per heavy atom. The molecule has 3 aromatic rings. The van der Waals surface area contributed by atoms with Gasteiger partial charge in [-0.3, -0.25) is 9.36 Å². The summed E-state index contributed by atoms with van der Waals surface area (Å²) in [7, 11) is 0. The van der Waals surface area contributed by atoms with Gasteiger partial charge in [0.1, 0.15) is 5.82 Å². The fourth-order valence-electron chi connectivity index (χ4n) is 4.81. The highest BCUT2D eigenvalue weighted by Crippen LogP contribution is 2.42. The van der Waals surface area contributed by atoms with Crippen molar-refractivity contribution in [1.82, 2.24) is 19.7 Å². The average Bonchev–Trinajstić information content (AvgIpc) is 3.52. The highest BCUT2D eigenvalue weighted by atomic mass is 32.2. The van der Waals surface area contributed by atoms with E-state index in [2.05, 4.69) is 39.0 Å². The molecule has 1 amide bonds. The average molecular weight is 477 g/mol. The molecule has 0 bridgehead atoms. The molecule has 34 heavy (non-hydrogen) atoms. The number of nitrogens with zero attached hydrogens (tertiary/aromatic N) is 4. The Balaban J connectivity index is 1.18. The summed E-state index contributed by atoms with van der Waals surface area (Å²) in [6.45, 7) is 2.11. The van der Waals surface area contributed by atoms with Gasteiger partial charge in [0.05, 0.1) is 25.0 Å². The molecule has 8 heteroatoms. The molecule has 1 atom stereocenters. The monoisotopic (exact) mass is 476 g/mol. The molecule has 1 saturated heterocycles. The van der Waals surface area contributed by atoms with Crippen molar-refractivity contribution in [3.8, 4) is 17.2 Å². The van der Waals surface area contributed by atoms with E-state index in [1.807, 2.05) is 29.2 Å². The van der Waals surface area contributed by atoms with E-state index in [9.17, 15) is 4.79 Å². The van der Waals surface area contributed by atoms with Crippen molar-refractivity contribution in [2.24, 2.45) is 0 Å². The van der Waals surface area contributed by atoms with Crippen LogP contribution >= 0.6 is 11.8 Å². The van der Waals surface area contributed by atoms with Crippen LogP contribution < -0.4 is 9.47 Å². The smallest absolute Gasteiger partial charge is 0.233 e. The summed E-state index contributed by atoms with van der Waals surface area (Å²) >= 11 is 1.48. The van der Waals surface area contributed by atoms with E-state index in [4.69, 9.17) is 9.47 Å². The fraction of sp³-hybridized carbons (Fsp3) is 0.423. The number of carbonyl (C=O) groups is 1. The Morgan fingerprint density at radius 1 is 0.971 bits per heavy atom. The predicted octanol–water partition coefficient (Wildman–Crippen LogP) is 4.76. The molecule has 3 aliphatic rings. The summed E-state index contributed by atoms with van der Waals surface area (Å²) in [6.07, 6.45) is 5.15. The van der Waals surface area contributed by atoms with Gasteiger partial charge in [0, 0.05) is 24.6 Å². The molecule has 2 aliphatic heterocycles. The second-order valence-corrected chi connectivity index (χ2v) is 10.0. The second kappa shape index (κ2) is 9.33. The van der Waals surface area contributed by atoms with Gasteiger partial charge in [-0.1, -0.05) is 36.0 Å². The first kappa shape index (κ1) is 21.5. The van der Waals surface area contributed by atoms with Crippen LogP contribution in [0.2, 0.25) is 0 Å². The highest BCUT2D eigenvalue weighted by Gasteiger charge is 2.33. The minimum absolute atomic E-state index is 0.0688. The summed E-state index contributed by atoms with van der Waals surface area (Å²) in [6, 6.07) is 16.4. The lowest BCUT2D eigenvalue weighted by Gasteiger charge is -2.25. The lowest BCUT2D eigenvalue weighted by molar-refractivity contribution is -0.129. The van der Waals surface area contributed by atoms with Crippen molar-refractivity contribution in [2.45, 2.75) is 49.2 Å². The molecule has 7 nitrogen and oxygen atoms in total. The molecule has 0 spiro atoms. The van der Waals surface area contributed by atoms with Crippen LogP contribution in [0.1, 0.15) is 55.5 Å². The number of hydrogen-bond donors (Lipinski definition) is 0. The van der Waals surface area contributed by atoms with Gasteiger partial charge in [-0.25, -0.2) is 0 Å². The molecule has 0 radical (unpaired) electrons. The first-order valence-corrected chi connectivity index (χ1v) is 13.1. The summed E-state index contributed by atoms with van der Waals surface area (Å²) in [5, 5.41) is 9.73. The molecule has 1 saturated carbocycles. The van der Waals surface area contributed by atoms with Gasteiger partial charge in [-0.05, 0) is 55.5 Å². The number of fused-ring (bicyclic) bond motifs is 1. The first-order chi connectivity index (χ1) is 16.8. The maximum absolute atomic E-state index is 13.3. The third-order valence-corrected chi connectivity index (χ3v) is 7.58. The van der Waals surface area contributed by atoms with E-state index in [0.29, 0.717) is 24.9 Å². The van der Waals surface area contributed by atoms with E-state index in [1.54, 1.807) is 0 Å². The first-order valence-electron chi connectivity index (χ1n) is 12.1. The maximum atomic E-state index is 13.3. The largest absolute Gasteiger partial charge is 0.490 e. The molecule has 176 valence electrons. The maximum Gasteiger partial charge on any atom is 0.233 e. The van der Waals surface area contributed by atoms with Crippen LogP contribution in [0.15, 0.2) is 53.7 Å². The lowest BCUT2D eigenvalue weighted by Crippen LogP contribution is -2.32. The van der Waals surface area contributed by atoms with Gasteiger partial charge in [0.2, 0.25) is 5.91 Å². The Hall–Kier alpha value is -3.00. The molecular formula is C26H28N4O3S. The quantitative estimate of drug-likeness (QED) is 0.478. The number of benzene rings is 2. The third-order valence-electron chi connectivity index (χ3n) is 6.67. The van der Waals surface area contributed by atoms with Crippen molar-refractivity contribution < 1.29 is 14.3 Å². The molecule has 3 heterocycles. The summed E-state index contributed by atoms with van der Waals surface area (Å²) in [5.74, 6) is 3.53. The van der Waals surface area contributed by atoms with E-state index < -0.39 is 0 Å². The fourth-order valence-corrected chi connectivity index (χ4v) is 5.65. The van der Waals surface area contributed by atoms with Crippen LogP contribution in [0.5, 0.6) is 11.5 Å². The van der Waals surface area contributed by atoms with Gasteiger partial charge in [-0.2, -0.15) is 0 Å². The van der Waals surface area contributed by atoms with Crippen LogP contribution in [0.4, 0.5) is 0 Å². The van der Waals surface area contributed by atoms with Crippen LogP contribution in [0.25, 0.3) is 5.69 Å². The van der Waals surface area contributed by atoms with Gasteiger partial charge in [0.15, 0.2) is 16.7 Å². The van der Waals surface area contributed by atoms with E-state index in [0.717, 1.165) is 72.4 Å². The SMILES string of the molecule is O=C(CSc1nnc(C2CC2)n1-c1ccccc1)N1CCCC1c1ccc2c(c1)OCCCO2. The summed E-state index contributed by atoms with van der Waals surface area (Å²) in [4.78, 5) is 15.3. The number of aromatic nitrogens is 3. The Kier molecular flexibility index (Phi) is 5.91. The van der Waals surface area contributed by atoms with Crippen molar-refractivity contribution in [1.29, 1.82) is 0 Å². The minimum atomic E-state index is 0.0688. The lowest BCUT2D eigenvalue weighted by atomic mass is 10.0. The van der Waals surface area contributed by atoms with Crippen LogP contribution in [0.3, 0.4) is 0 Å². The van der Waals surface area contributed by atoms with Gasteiger partial charge in [0.25, 0.3) is 0 Å². The van der Waals surface area contributed by atoms with Crippen LogP contribution in [0, 0.1) is 0 Å². The van der Waals surface area contributed by atoms with Gasteiger partial charge in [-0.15, -0.1) is 10.2 Å². The Bertz CT molecular complexity index is 1180. The van der Waals surface area contributed by atoms with E-state index in [1.165, 1.54) is 11.8 Å². The topological polar surface area (TPSA) is 69.5 Å². The normalized spacial score (nSPS) is 19.8. The predicted molar refractivity (Wildman–Crippen MR) is 130 cm³/mol. The van der Waals surface area contributed by atoms with E-state index in [-0.39, 0.29) is 11.9 Å². The molecule has 0 N–H and O–H groups in total. The molecule has 2 fully saturated rings. The number of rotatable bonds is 6. The van der Waals surface area contributed by atoms with Crippen molar-refractivity contribution >= 4 is 17.7 Å². The highest BCUT2D eigenvalue weighted by molar-refractivity contribution is 7.99. The number of carbonyl (C=O) groups excluding carboxylic acids is 1. The number of ether oxygens (including phenoxy) is 2. The van der Waals surface area contributed by atoms with Gasteiger partial charge >= 0.3 is 0 Å². The Labute approximate surface area is 203 Å². The van der Waals surface area contributed by atoms with Crippen LogP contribution in [-0.2, 0) is 4.79 Å². The third kappa shape index (κ3) is 4.27. The molecule has 2 aromatic carbocycles. The number of thioether (sulfide) groups is 1. The summed E-state index contributed by atoms with van der Waals surface area (Å²) < 4.78 is 13.8. The molecular weight excluding hydrogens is 448 g/mol. The van der Waals surface area contributed by atoms with Crippen molar-refractivity contribution in [3.05, 3.63) is 59.9 Å². The van der Waals surface area contributed by atoms with E-state index >= 15 is 0 Å². The number of para-hydroxylation sites is 1. The molecule has 1 unspecified atom stereocenters. The van der Waals surface area contributed by atoms with Crippen molar-refractivity contribution in [3.63, 3.8) is 0 Å². The van der Waals surface area contributed by atoms with Crippen LogP contribution in [-0.4, -0.2) is 51.1 Å². The number of likely N-dealkylation sites (tertiary alicyclic amines) is 1. The zero-order valence-electron chi connectivity index (χ0n) is 19.1. The zero-order valence-corrected chi connectivity index (χ0v) is 19.9. The molecule has 6 rings (SSSR count). The summed E-state index contributed by atoms with van der Waals surface area (Å²) in [5.41, 5.74) is 2.17. The molecule has 1 aromatic heterocycles.